The minimum Gasteiger partial charge on any atom is -0.462 e. The maximum Gasteiger partial charge on any atom is 0.126 e. The van der Waals surface area contributed by atoms with Crippen molar-refractivity contribution in [3.8, 4) is 0 Å². The van der Waals surface area contributed by atoms with E-state index in [1.54, 1.807) is 0 Å². The van der Waals surface area contributed by atoms with Crippen molar-refractivity contribution in [2.75, 3.05) is 0 Å². The summed E-state index contributed by atoms with van der Waals surface area (Å²) < 4.78 is 8.56. The summed E-state index contributed by atoms with van der Waals surface area (Å²) >= 11 is 2.23. The molecule has 0 spiro atoms. The summed E-state index contributed by atoms with van der Waals surface area (Å²) in [6.07, 6.45) is 3.79. The van der Waals surface area contributed by atoms with E-state index in [0.29, 0.717) is 13.1 Å². The van der Waals surface area contributed by atoms with Crippen LogP contribution in [0.4, 0.5) is 0 Å². The first-order valence-electron chi connectivity index (χ1n) is 4.65. The summed E-state index contributed by atoms with van der Waals surface area (Å²) in [7, 11) is 0. The van der Waals surface area contributed by atoms with Crippen LogP contribution in [0, 0.1) is 10.5 Å². The van der Waals surface area contributed by atoms with E-state index in [9.17, 15) is 0 Å². The fourth-order valence-corrected chi connectivity index (χ4v) is 1.90. The van der Waals surface area contributed by atoms with Crippen LogP contribution in [0.25, 0.3) is 0 Å². The molecule has 0 unspecified atom stereocenters. The topological polar surface area (TPSA) is 57.0 Å². The normalized spacial score (nSPS) is 10.9. The molecule has 80 valence electrons. The Morgan fingerprint density at radius 2 is 2.40 bits per heavy atom. The van der Waals surface area contributed by atoms with E-state index in [0.717, 1.165) is 20.7 Å². The Morgan fingerprint density at radius 1 is 1.60 bits per heavy atom. The van der Waals surface area contributed by atoms with Gasteiger partial charge in [0.15, 0.2) is 0 Å². The molecule has 0 bridgehead atoms. The maximum atomic E-state index is 5.59. The van der Waals surface area contributed by atoms with Gasteiger partial charge in [0.2, 0.25) is 0 Å². The molecule has 2 aromatic heterocycles. The van der Waals surface area contributed by atoms with Crippen molar-refractivity contribution >= 4 is 22.6 Å². The number of aryl methyl sites for hydroxylation is 1. The molecular weight excluding hydrogens is 305 g/mol. The van der Waals surface area contributed by atoms with E-state index in [4.69, 9.17) is 10.2 Å². The highest BCUT2D eigenvalue weighted by Crippen LogP contribution is 2.15. The van der Waals surface area contributed by atoms with E-state index in [-0.39, 0.29) is 0 Å². The summed E-state index contributed by atoms with van der Waals surface area (Å²) in [5.74, 6) is 1.75. The van der Waals surface area contributed by atoms with Gasteiger partial charge in [-0.05, 0) is 41.1 Å². The minimum absolute atomic E-state index is 0.447. The lowest BCUT2D eigenvalue weighted by atomic mass is 10.2. The van der Waals surface area contributed by atoms with Gasteiger partial charge in [-0.3, -0.25) is 4.68 Å². The van der Waals surface area contributed by atoms with Crippen LogP contribution in [0.5, 0.6) is 0 Å². The molecule has 0 saturated carbocycles. The van der Waals surface area contributed by atoms with Crippen molar-refractivity contribution in [3.05, 3.63) is 39.1 Å². The molecule has 2 rings (SSSR count). The molecule has 0 amide bonds. The summed E-state index contributed by atoms with van der Waals surface area (Å²) in [5, 5.41) is 4.19. The first kappa shape index (κ1) is 10.7. The number of furan rings is 1. The van der Waals surface area contributed by atoms with Gasteiger partial charge in [-0.2, -0.15) is 5.10 Å². The third-order valence-corrected chi connectivity index (χ3v) is 2.73. The second kappa shape index (κ2) is 4.36. The monoisotopic (exact) mass is 317 g/mol. The smallest absolute Gasteiger partial charge is 0.126 e. The zero-order chi connectivity index (χ0) is 10.8. The Hall–Kier alpha value is -0.820. The highest BCUT2D eigenvalue weighted by molar-refractivity contribution is 14.1. The van der Waals surface area contributed by atoms with Crippen molar-refractivity contribution in [2.45, 2.75) is 20.0 Å². The Morgan fingerprint density at radius 3 is 2.93 bits per heavy atom. The summed E-state index contributed by atoms with van der Waals surface area (Å²) in [6, 6.07) is 2.01. The molecular formula is C10H12IN3O. The van der Waals surface area contributed by atoms with Crippen LogP contribution < -0.4 is 5.73 Å². The van der Waals surface area contributed by atoms with Crippen molar-refractivity contribution in [3.63, 3.8) is 0 Å². The number of rotatable bonds is 3. The second-order valence-corrected chi connectivity index (χ2v) is 4.62. The van der Waals surface area contributed by atoms with E-state index < -0.39 is 0 Å². The Balaban J connectivity index is 2.17. The van der Waals surface area contributed by atoms with Crippen molar-refractivity contribution in [1.29, 1.82) is 0 Å². The van der Waals surface area contributed by atoms with Crippen LogP contribution >= 0.6 is 22.6 Å². The van der Waals surface area contributed by atoms with Gasteiger partial charge in [0.25, 0.3) is 0 Å². The SMILES string of the molecule is Cc1cc(Cn2cc(I)cn2)oc1CN. The number of halogens is 1. The number of aromatic nitrogens is 2. The molecule has 0 fully saturated rings. The molecule has 5 heteroatoms. The average Bonchev–Trinajstić information content (AvgIpc) is 2.73. The van der Waals surface area contributed by atoms with Gasteiger partial charge in [-0.25, -0.2) is 0 Å². The quantitative estimate of drug-likeness (QED) is 0.880. The highest BCUT2D eigenvalue weighted by atomic mass is 127. The summed E-state index contributed by atoms with van der Waals surface area (Å²) in [4.78, 5) is 0. The molecule has 0 aromatic carbocycles. The van der Waals surface area contributed by atoms with Gasteiger partial charge in [-0.1, -0.05) is 0 Å². The van der Waals surface area contributed by atoms with Crippen molar-refractivity contribution < 1.29 is 4.42 Å². The van der Waals surface area contributed by atoms with E-state index in [2.05, 4.69) is 27.7 Å². The Labute approximate surface area is 102 Å². The van der Waals surface area contributed by atoms with Crippen LogP contribution in [0.3, 0.4) is 0 Å². The molecule has 0 atom stereocenters. The molecule has 0 radical (unpaired) electrons. The Bertz CT molecular complexity index is 461. The molecule has 0 aliphatic rings. The van der Waals surface area contributed by atoms with E-state index in [1.807, 2.05) is 30.1 Å². The van der Waals surface area contributed by atoms with Gasteiger partial charge in [0.05, 0.1) is 22.9 Å². The maximum absolute atomic E-state index is 5.59. The van der Waals surface area contributed by atoms with E-state index >= 15 is 0 Å². The number of nitrogens with two attached hydrogens (primary N) is 1. The fourth-order valence-electron chi connectivity index (χ4n) is 1.46. The van der Waals surface area contributed by atoms with Gasteiger partial charge in [0.1, 0.15) is 11.5 Å². The fraction of sp³-hybridized carbons (Fsp3) is 0.300. The lowest BCUT2D eigenvalue weighted by Crippen LogP contribution is -1.98. The third kappa shape index (κ3) is 2.40. The first-order chi connectivity index (χ1) is 7.19. The molecule has 2 N–H and O–H groups in total. The van der Waals surface area contributed by atoms with Crippen LogP contribution in [0.2, 0.25) is 0 Å². The summed E-state index contributed by atoms with van der Waals surface area (Å²) in [6.45, 7) is 3.11. The molecule has 2 aromatic rings. The zero-order valence-electron chi connectivity index (χ0n) is 8.40. The predicted molar refractivity (Wildman–Crippen MR) is 65.4 cm³/mol. The van der Waals surface area contributed by atoms with Crippen molar-refractivity contribution in [2.24, 2.45) is 5.73 Å². The molecule has 4 nitrogen and oxygen atoms in total. The highest BCUT2D eigenvalue weighted by Gasteiger charge is 2.06. The second-order valence-electron chi connectivity index (χ2n) is 3.38. The first-order valence-corrected chi connectivity index (χ1v) is 5.73. The zero-order valence-corrected chi connectivity index (χ0v) is 10.6. The standard InChI is InChI=1S/C10H12IN3O/c1-7-2-9(15-10(7)3-12)6-14-5-8(11)4-13-14/h2,4-5H,3,6,12H2,1H3. The molecule has 0 aliphatic heterocycles. The lowest BCUT2D eigenvalue weighted by Gasteiger charge is -1.96. The van der Waals surface area contributed by atoms with Crippen LogP contribution in [-0.4, -0.2) is 9.78 Å². The van der Waals surface area contributed by atoms with Gasteiger partial charge in [-0.15, -0.1) is 0 Å². The number of hydrogen-bond acceptors (Lipinski definition) is 3. The molecule has 15 heavy (non-hydrogen) atoms. The third-order valence-electron chi connectivity index (χ3n) is 2.18. The van der Waals surface area contributed by atoms with Crippen LogP contribution in [0.15, 0.2) is 22.9 Å². The van der Waals surface area contributed by atoms with Gasteiger partial charge < -0.3 is 10.2 Å². The average molecular weight is 317 g/mol. The predicted octanol–water partition coefficient (Wildman–Crippen LogP) is 1.90. The number of hydrogen-bond donors (Lipinski definition) is 1. The minimum atomic E-state index is 0.447. The van der Waals surface area contributed by atoms with Gasteiger partial charge in [0, 0.05) is 6.20 Å². The lowest BCUT2D eigenvalue weighted by molar-refractivity contribution is 0.444. The molecule has 0 saturated heterocycles. The van der Waals surface area contributed by atoms with Crippen LogP contribution in [-0.2, 0) is 13.1 Å². The Kier molecular flexibility index (Phi) is 3.11. The van der Waals surface area contributed by atoms with Gasteiger partial charge >= 0.3 is 0 Å². The number of nitrogens with zero attached hydrogens (tertiary/aromatic N) is 2. The molecule has 0 aliphatic carbocycles. The van der Waals surface area contributed by atoms with E-state index in [1.165, 1.54) is 0 Å². The summed E-state index contributed by atoms with van der Waals surface area (Å²) in [5.41, 5.74) is 6.65. The van der Waals surface area contributed by atoms with Crippen LogP contribution in [0.1, 0.15) is 17.1 Å². The van der Waals surface area contributed by atoms with Crippen molar-refractivity contribution in [1.82, 2.24) is 9.78 Å². The molecule has 2 heterocycles. The largest absolute Gasteiger partial charge is 0.462 e.